The fourth-order valence-electron chi connectivity index (χ4n) is 5.71. The molecule has 0 spiro atoms. The molecule has 3 atom stereocenters. The molecule has 6 rings (SSSR count). The zero-order valence-electron chi connectivity index (χ0n) is 16.6. The van der Waals surface area contributed by atoms with Crippen LogP contribution < -0.4 is 4.74 Å². The molecule has 4 aliphatic heterocycles. The number of fused-ring (bicyclic) bond motifs is 2. The van der Waals surface area contributed by atoms with Gasteiger partial charge in [-0.15, -0.1) is 0 Å². The lowest BCUT2D eigenvalue weighted by Crippen LogP contribution is -2.60. The summed E-state index contributed by atoms with van der Waals surface area (Å²) in [6, 6.07) is 18.2. The summed E-state index contributed by atoms with van der Waals surface area (Å²) in [5.41, 5.74) is 2.39. The van der Waals surface area contributed by atoms with Crippen molar-refractivity contribution in [3.63, 3.8) is 0 Å². The monoisotopic (exact) mass is 387 g/mol. The number of nitrogens with zero attached hydrogens (tertiary/aromatic N) is 3. The molecule has 4 saturated heterocycles. The average molecular weight is 387 g/mol. The van der Waals surface area contributed by atoms with Gasteiger partial charge in [0.2, 0.25) is 0 Å². The van der Waals surface area contributed by atoms with E-state index < -0.39 is 0 Å². The van der Waals surface area contributed by atoms with E-state index in [1.807, 2.05) is 18.2 Å². The lowest BCUT2D eigenvalue weighted by Gasteiger charge is -2.51. The Hall–Kier alpha value is -2.84. The molecule has 4 aliphatic rings. The van der Waals surface area contributed by atoms with Crippen molar-refractivity contribution in [3.8, 4) is 11.8 Å². The van der Waals surface area contributed by atoms with Crippen LogP contribution >= 0.6 is 0 Å². The zero-order valence-corrected chi connectivity index (χ0v) is 16.6. The highest BCUT2D eigenvalue weighted by atomic mass is 16.5. The Bertz CT molecular complexity index is 974. The minimum atomic E-state index is 0.0521. The molecule has 0 aliphatic carbocycles. The van der Waals surface area contributed by atoms with Crippen LogP contribution in [0.5, 0.6) is 5.75 Å². The summed E-state index contributed by atoms with van der Waals surface area (Å²) in [5.74, 6) is 1.75. The van der Waals surface area contributed by atoms with E-state index in [2.05, 4.69) is 28.0 Å². The first-order valence-electron chi connectivity index (χ1n) is 10.4. The van der Waals surface area contributed by atoms with E-state index in [4.69, 9.17) is 4.74 Å². The third-order valence-corrected chi connectivity index (χ3v) is 7.02. The van der Waals surface area contributed by atoms with E-state index in [-0.39, 0.29) is 17.9 Å². The molecule has 2 bridgehead atoms. The number of likely N-dealkylation sites (tertiary alicyclic amines) is 1. The van der Waals surface area contributed by atoms with Gasteiger partial charge in [-0.2, -0.15) is 5.26 Å². The predicted molar refractivity (Wildman–Crippen MR) is 110 cm³/mol. The third kappa shape index (κ3) is 2.99. The van der Waals surface area contributed by atoms with Gasteiger partial charge in [-0.05, 0) is 67.7 Å². The molecule has 0 N–H and O–H groups in total. The Balaban J connectivity index is 1.52. The highest BCUT2D eigenvalue weighted by Crippen LogP contribution is 2.47. The van der Waals surface area contributed by atoms with Crippen LogP contribution in [0.4, 0.5) is 0 Å². The number of hydrogen-bond acceptors (Lipinski definition) is 4. The number of nitriles is 1. The molecule has 148 valence electrons. The molecule has 2 aromatic rings. The van der Waals surface area contributed by atoms with Gasteiger partial charge in [0.25, 0.3) is 5.91 Å². The van der Waals surface area contributed by atoms with Crippen molar-refractivity contribution in [1.82, 2.24) is 9.80 Å². The molecular formula is C24H25N3O2. The van der Waals surface area contributed by atoms with Gasteiger partial charge in [0, 0.05) is 24.1 Å². The SMILES string of the molecule is COc1cccc(C2CN(C(=O)c3cccc(C#N)c3)C3C4CCN(CC4)C23)c1. The number of rotatable bonds is 3. The molecule has 4 heterocycles. The van der Waals surface area contributed by atoms with Gasteiger partial charge in [0.1, 0.15) is 5.75 Å². The number of amides is 1. The minimum absolute atomic E-state index is 0.0521. The van der Waals surface area contributed by atoms with E-state index in [0.717, 1.165) is 31.7 Å². The van der Waals surface area contributed by atoms with Crippen molar-refractivity contribution >= 4 is 5.91 Å². The number of ether oxygens (including phenoxy) is 1. The van der Waals surface area contributed by atoms with Gasteiger partial charge in [-0.25, -0.2) is 0 Å². The van der Waals surface area contributed by atoms with Crippen molar-refractivity contribution in [3.05, 3.63) is 65.2 Å². The molecule has 1 amide bonds. The second-order valence-electron chi connectivity index (χ2n) is 8.39. The second-order valence-corrected chi connectivity index (χ2v) is 8.39. The maximum atomic E-state index is 13.5. The number of carbonyl (C=O) groups excluding carboxylic acids is 1. The quantitative estimate of drug-likeness (QED) is 0.811. The molecule has 0 saturated carbocycles. The summed E-state index contributed by atoms with van der Waals surface area (Å²) in [6.45, 7) is 2.96. The van der Waals surface area contributed by atoms with Crippen molar-refractivity contribution < 1.29 is 9.53 Å². The Labute approximate surface area is 171 Å². The first kappa shape index (κ1) is 18.2. The van der Waals surface area contributed by atoms with Gasteiger partial charge in [-0.3, -0.25) is 9.69 Å². The highest BCUT2D eigenvalue weighted by Gasteiger charge is 2.54. The first-order chi connectivity index (χ1) is 14.2. The molecule has 3 unspecified atom stereocenters. The number of piperidine rings is 3. The van der Waals surface area contributed by atoms with Crippen LogP contribution in [-0.4, -0.2) is 54.5 Å². The van der Waals surface area contributed by atoms with Crippen molar-refractivity contribution in [2.24, 2.45) is 5.92 Å². The molecular weight excluding hydrogens is 362 g/mol. The topological polar surface area (TPSA) is 56.6 Å². The standard InChI is InChI=1S/C24H25N3O2/c1-29-20-7-3-5-18(13-20)21-15-27(22-17-8-10-26(11-9-17)23(21)22)24(28)19-6-2-4-16(12-19)14-25/h2-7,12-13,17,21-23H,8-11,15H2,1H3. The number of benzene rings is 2. The van der Waals surface area contributed by atoms with Crippen LogP contribution in [-0.2, 0) is 0 Å². The molecule has 2 aromatic carbocycles. The second kappa shape index (κ2) is 7.20. The minimum Gasteiger partial charge on any atom is -0.497 e. The molecule has 0 aromatic heterocycles. The van der Waals surface area contributed by atoms with Crippen molar-refractivity contribution in [1.29, 1.82) is 5.26 Å². The van der Waals surface area contributed by atoms with E-state index in [0.29, 0.717) is 29.6 Å². The molecule has 4 fully saturated rings. The van der Waals surface area contributed by atoms with Crippen LogP contribution in [0.15, 0.2) is 48.5 Å². The van der Waals surface area contributed by atoms with Crippen LogP contribution in [0.1, 0.15) is 40.2 Å². The Kier molecular flexibility index (Phi) is 4.52. The Morgan fingerprint density at radius 3 is 2.66 bits per heavy atom. The summed E-state index contributed by atoms with van der Waals surface area (Å²) in [5, 5.41) is 9.23. The van der Waals surface area contributed by atoms with Gasteiger partial charge in [0.05, 0.1) is 24.8 Å². The van der Waals surface area contributed by atoms with Gasteiger partial charge >= 0.3 is 0 Å². The van der Waals surface area contributed by atoms with Gasteiger partial charge in [-0.1, -0.05) is 18.2 Å². The molecule has 5 nitrogen and oxygen atoms in total. The Morgan fingerprint density at radius 1 is 1.10 bits per heavy atom. The lowest BCUT2D eigenvalue weighted by atomic mass is 9.75. The number of carbonyl (C=O) groups is 1. The molecule has 29 heavy (non-hydrogen) atoms. The van der Waals surface area contributed by atoms with Crippen LogP contribution in [0.25, 0.3) is 0 Å². The van der Waals surface area contributed by atoms with Crippen LogP contribution in [0.3, 0.4) is 0 Å². The van der Waals surface area contributed by atoms with Gasteiger partial charge < -0.3 is 9.64 Å². The van der Waals surface area contributed by atoms with Crippen LogP contribution in [0, 0.1) is 17.2 Å². The Morgan fingerprint density at radius 2 is 1.90 bits per heavy atom. The van der Waals surface area contributed by atoms with Gasteiger partial charge in [0.15, 0.2) is 0 Å². The number of hydrogen-bond donors (Lipinski definition) is 0. The fourth-order valence-corrected chi connectivity index (χ4v) is 5.71. The third-order valence-electron chi connectivity index (χ3n) is 7.02. The van der Waals surface area contributed by atoms with E-state index in [1.165, 1.54) is 5.56 Å². The first-order valence-corrected chi connectivity index (χ1v) is 10.4. The predicted octanol–water partition coefficient (Wildman–Crippen LogP) is 3.27. The summed E-state index contributed by atoms with van der Waals surface area (Å²) >= 11 is 0. The largest absolute Gasteiger partial charge is 0.497 e. The van der Waals surface area contributed by atoms with E-state index >= 15 is 0 Å². The molecule has 5 heteroatoms. The summed E-state index contributed by atoms with van der Waals surface area (Å²) in [7, 11) is 1.70. The summed E-state index contributed by atoms with van der Waals surface area (Å²) in [4.78, 5) is 18.2. The zero-order chi connectivity index (χ0) is 20.0. The van der Waals surface area contributed by atoms with E-state index in [1.54, 1.807) is 25.3 Å². The summed E-state index contributed by atoms with van der Waals surface area (Å²) < 4.78 is 5.46. The van der Waals surface area contributed by atoms with E-state index in [9.17, 15) is 10.1 Å². The van der Waals surface area contributed by atoms with Crippen molar-refractivity contribution in [2.45, 2.75) is 30.8 Å². The fraction of sp³-hybridized carbons (Fsp3) is 0.417. The maximum Gasteiger partial charge on any atom is 0.254 e. The normalized spacial score (nSPS) is 29.9. The maximum absolute atomic E-state index is 13.5. The van der Waals surface area contributed by atoms with Crippen LogP contribution in [0.2, 0.25) is 0 Å². The highest BCUT2D eigenvalue weighted by molar-refractivity contribution is 5.95. The number of methoxy groups -OCH3 is 1. The molecule has 0 radical (unpaired) electrons. The lowest BCUT2D eigenvalue weighted by molar-refractivity contribution is -0.00341. The van der Waals surface area contributed by atoms with Crippen molar-refractivity contribution in [2.75, 3.05) is 26.7 Å². The average Bonchev–Trinajstić information content (AvgIpc) is 3.22. The smallest absolute Gasteiger partial charge is 0.254 e. The summed E-state index contributed by atoms with van der Waals surface area (Å²) in [6.07, 6.45) is 2.32.